The van der Waals surface area contributed by atoms with Crippen LogP contribution in [0.15, 0.2) is 18.3 Å². The first-order chi connectivity index (χ1) is 8.91. The van der Waals surface area contributed by atoms with Crippen molar-refractivity contribution in [2.75, 3.05) is 18.9 Å². The Morgan fingerprint density at radius 2 is 2.05 bits per heavy atom. The number of nitrogens with two attached hydrogens (primary N) is 1. The van der Waals surface area contributed by atoms with E-state index < -0.39 is 0 Å². The third-order valence-electron chi connectivity index (χ3n) is 3.13. The lowest BCUT2D eigenvalue weighted by Crippen LogP contribution is -2.42. The molecule has 0 spiro atoms. The molecular formula is C15H27N3O. The molecule has 0 radical (unpaired) electrons. The molecule has 0 amide bonds. The van der Waals surface area contributed by atoms with Gasteiger partial charge in [-0.2, -0.15) is 0 Å². The predicted molar refractivity (Wildman–Crippen MR) is 79.9 cm³/mol. The zero-order valence-electron chi connectivity index (χ0n) is 12.7. The topological polar surface area (TPSA) is 60.2 Å². The van der Waals surface area contributed by atoms with Crippen molar-refractivity contribution >= 4 is 5.82 Å². The Labute approximate surface area is 116 Å². The van der Waals surface area contributed by atoms with E-state index >= 15 is 0 Å². The van der Waals surface area contributed by atoms with Crippen molar-refractivity contribution in [3.05, 3.63) is 23.9 Å². The molecule has 0 saturated carbocycles. The number of rotatable bonds is 6. The van der Waals surface area contributed by atoms with Crippen molar-refractivity contribution in [3.8, 4) is 0 Å². The van der Waals surface area contributed by atoms with Gasteiger partial charge in [0.1, 0.15) is 5.82 Å². The van der Waals surface area contributed by atoms with E-state index in [9.17, 15) is 0 Å². The number of hydrogen-bond acceptors (Lipinski definition) is 4. The van der Waals surface area contributed by atoms with Gasteiger partial charge < -0.3 is 15.8 Å². The number of ether oxygens (including phenoxy) is 1. The Hall–Kier alpha value is -1.13. The first-order valence-electron chi connectivity index (χ1n) is 6.97. The summed E-state index contributed by atoms with van der Waals surface area (Å²) in [5.74, 6) is 0.572. The quantitative estimate of drug-likeness (QED) is 0.830. The number of likely N-dealkylation sites (N-methyl/N-ethyl adjacent to an activating group) is 1. The molecule has 1 aromatic rings. The monoisotopic (exact) mass is 265 g/mol. The zero-order valence-corrected chi connectivity index (χ0v) is 12.7. The molecule has 3 N–H and O–H groups in total. The van der Waals surface area contributed by atoms with E-state index in [0.717, 1.165) is 12.1 Å². The number of aromatic nitrogens is 1. The van der Waals surface area contributed by atoms with E-state index in [-0.39, 0.29) is 17.6 Å². The van der Waals surface area contributed by atoms with E-state index in [1.165, 1.54) is 0 Å². The Kier molecular flexibility index (Phi) is 5.76. The lowest BCUT2D eigenvalue weighted by Gasteiger charge is -2.37. The molecule has 1 heterocycles. The molecule has 1 aromatic heterocycles. The summed E-state index contributed by atoms with van der Waals surface area (Å²) in [5, 5.41) is 3.49. The van der Waals surface area contributed by atoms with E-state index in [2.05, 4.69) is 38.0 Å². The highest BCUT2D eigenvalue weighted by atomic mass is 16.5. The molecule has 0 saturated heterocycles. The third-order valence-corrected chi connectivity index (χ3v) is 3.13. The molecule has 0 aliphatic carbocycles. The molecule has 0 aliphatic rings. The van der Waals surface area contributed by atoms with Crippen LogP contribution in [0.5, 0.6) is 0 Å². The van der Waals surface area contributed by atoms with Crippen molar-refractivity contribution < 1.29 is 4.74 Å². The van der Waals surface area contributed by atoms with Crippen molar-refractivity contribution in [1.29, 1.82) is 0 Å². The summed E-state index contributed by atoms with van der Waals surface area (Å²) < 4.78 is 5.98. The van der Waals surface area contributed by atoms with E-state index in [4.69, 9.17) is 10.5 Å². The second kappa shape index (κ2) is 6.87. The first kappa shape index (κ1) is 15.9. The number of nitrogen functional groups attached to an aromatic ring is 1. The maximum Gasteiger partial charge on any atom is 0.128 e. The summed E-state index contributed by atoms with van der Waals surface area (Å²) in [5.41, 5.74) is 7.05. The minimum absolute atomic E-state index is 0.0190. The summed E-state index contributed by atoms with van der Waals surface area (Å²) in [6.45, 7) is 12.2. The fourth-order valence-corrected chi connectivity index (χ4v) is 2.32. The third kappa shape index (κ3) is 4.18. The van der Waals surface area contributed by atoms with Crippen LogP contribution in [0.3, 0.4) is 0 Å². The van der Waals surface area contributed by atoms with Crippen LogP contribution >= 0.6 is 0 Å². The highest BCUT2D eigenvalue weighted by Gasteiger charge is 2.34. The van der Waals surface area contributed by atoms with Gasteiger partial charge in [0.2, 0.25) is 0 Å². The smallest absolute Gasteiger partial charge is 0.128 e. The van der Waals surface area contributed by atoms with Crippen molar-refractivity contribution in [2.24, 2.45) is 5.41 Å². The largest absolute Gasteiger partial charge is 0.383 e. The van der Waals surface area contributed by atoms with Crippen LogP contribution in [0.2, 0.25) is 0 Å². The molecular weight excluding hydrogens is 238 g/mol. The van der Waals surface area contributed by atoms with Crippen LogP contribution < -0.4 is 11.1 Å². The van der Waals surface area contributed by atoms with Crippen LogP contribution in [0.25, 0.3) is 0 Å². The maximum atomic E-state index is 6.02. The Morgan fingerprint density at radius 3 is 2.53 bits per heavy atom. The van der Waals surface area contributed by atoms with E-state index in [1.807, 2.05) is 19.1 Å². The SMILES string of the molecule is CCNC(c1cccnc1N)C(OCC)C(C)(C)C. The van der Waals surface area contributed by atoms with Crippen LogP contribution in [0, 0.1) is 5.41 Å². The fourth-order valence-electron chi connectivity index (χ4n) is 2.32. The van der Waals surface area contributed by atoms with Gasteiger partial charge in [0.15, 0.2) is 0 Å². The lowest BCUT2D eigenvalue weighted by atomic mass is 9.82. The van der Waals surface area contributed by atoms with E-state index in [0.29, 0.717) is 12.4 Å². The van der Waals surface area contributed by atoms with Gasteiger partial charge >= 0.3 is 0 Å². The number of hydrogen-bond donors (Lipinski definition) is 2. The Balaban J connectivity index is 3.14. The van der Waals surface area contributed by atoms with Crippen LogP contribution in [0.1, 0.15) is 46.2 Å². The average molecular weight is 265 g/mol. The van der Waals surface area contributed by atoms with Crippen LogP contribution in [-0.2, 0) is 4.74 Å². The number of anilines is 1. The Bertz CT molecular complexity index is 387. The first-order valence-corrected chi connectivity index (χ1v) is 6.97. The molecule has 4 nitrogen and oxygen atoms in total. The van der Waals surface area contributed by atoms with Gasteiger partial charge in [-0.25, -0.2) is 4.98 Å². The Morgan fingerprint density at radius 1 is 1.37 bits per heavy atom. The van der Waals surface area contributed by atoms with Crippen LogP contribution in [0.4, 0.5) is 5.82 Å². The molecule has 2 atom stereocenters. The normalized spacial score (nSPS) is 15.2. The van der Waals surface area contributed by atoms with E-state index in [1.54, 1.807) is 6.20 Å². The minimum Gasteiger partial charge on any atom is -0.383 e. The highest BCUT2D eigenvalue weighted by molar-refractivity contribution is 5.41. The fraction of sp³-hybridized carbons (Fsp3) is 0.667. The number of nitrogens with zero attached hydrogens (tertiary/aromatic N) is 1. The molecule has 0 bridgehead atoms. The van der Waals surface area contributed by atoms with Gasteiger partial charge in [0, 0.05) is 18.4 Å². The van der Waals surface area contributed by atoms with Crippen molar-refractivity contribution in [2.45, 2.75) is 46.8 Å². The van der Waals surface area contributed by atoms with Gasteiger partial charge in [-0.05, 0) is 24.9 Å². The van der Waals surface area contributed by atoms with Gasteiger partial charge in [-0.15, -0.1) is 0 Å². The van der Waals surface area contributed by atoms with Gasteiger partial charge in [0.25, 0.3) is 0 Å². The molecule has 2 unspecified atom stereocenters. The molecule has 1 rings (SSSR count). The molecule has 0 fully saturated rings. The average Bonchev–Trinajstić information content (AvgIpc) is 2.33. The standard InChI is InChI=1S/C15H27N3O/c1-6-17-12(11-9-8-10-18-14(11)16)13(19-7-2)15(3,4)5/h8-10,12-13,17H,6-7H2,1-5H3,(H2,16,18). The molecule has 0 aliphatic heterocycles. The highest BCUT2D eigenvalue weighted by Crippen LogP contribution is 2.34. The zero-order chi connectivity index (χ0) is 14.5. The summed E-state index contributed by atoms with van der Waals surface area (Å²) in [6, 6.07) is 3.99. The lowest BCUT2D eigenvalue weighted by molar-refractivity contribution is -0.0361. The summed E-state index contributed by atoms with van der Waals surface area (Å²) in [4.78, 5) is 4.19. The summed E-state index contributed by atoms with van der Waals surface area (Å²) in [7, 11) is 0. The van der Waals surface area contributed by atoms with Crippen molar-refractivity contribution in [1.82, 2.24) is 10.3 Å². The van der Waals surface area contributed by atoms with Gasteiger partial charge in [0.05, 0.1) is 12.1 Å². The maximum absolute atomic E-state index is 6.02. The summed E-state index contributed by atoms with van der Waals surface area (Å²) >= 11 is 0. The van der Waals surface area contributed by atoms with Crippen LogP contribution in [-0.4, -0.2) is 24.2 Å². The van der Waals surface area contributed by atoms with Crippen molar-refractivity contribution in [3.63, 3.8) is 0 Å². The molecule has 108 valence electrons. The number of nitrogens with one attached hydrogen (secondary N) is 1. The predicted octanol–water partition coefficient (Wildman–Crippen LogP) is 2.77. The molecule has 4 heteroatoms. The number of pyridine rings is 1. The second-order valence-electron chi connectivity index (χ2n) is 5.76. The minimum atomic E-state index is 0.0190. The summed E-state index contributed by atoms with van der Waals surface area (Å²) in [6.07, 6.45) is 1.76. The second-order valence-corrected chi connectivity index (χ2v) is 5.76. The molecule has 19 heavy (non-hydrogen) atoms. The molecule has 0 aromatic carbocycles. The van der Waals surface area contributed by atoms with Gasteiger partial charge in [-0.1, -0.05) is 33.8 Å². The van der Waals surface area contributed by atoms with Gasteiger partial charge in [-0.3, -0.25) is 0 Å².